The molecular weight excluding hydrogens is 216 g/mol. The summed E-state index contributed by atoms with van der Waals surface area (Å²) in [5.41, 5.74) is 1.01. The molecule has 0 spiro atoms. The van der Waals surface area contributed by atoms with Crippen LogP contribution in [0.3, 0.4) is 0 Å². The molecule has 1 aromatic rings. The molecule has 0 aromatic heterocycles. The van der Waals surface area contributed by atoms with Gasteiger partial charge in [-0.25, -0.2) is 0 Å². The summed E-state index contributed by atoms with van der Waals surface area (Å²) in [7, 11) is 1.61. The van der Waals surface area contributed by atoms with E-state index in [1.54, 1.807) is 7.11 Å². The molecule has 1 aliphatic rings. The lowest BCUT2D eigenvalue weighted by Gasteiger charge is -2.17. The Morgan fingerprint density at radius 3 is 2.12 bits per heavy atom. The van der Waals surface area contributed by atoms with E-state index in [4.69, 9.17) is 4.74 Å². The van der Waals surface area contributed by atoms with Crippen LogP contribution in [0.2, 0.25) is 0 Å². The molecule has 0 aliphatic heterocycles. The highest BCUT2D eigenvalue weighted by molar-refractivity contribution is 6.09. The molecule has 90 valence electrons. The maximum Gasteiger partial charge on any atom is 0.144 e. The zero-order valence-electron chi connectivity index (χ0n) is 10.1. The molecule has 1 aromatic carbocycles. The Hall–Kier alpha value is -1.64. The van der Waals surface area contributed by atoms with Crippen LogP contribution in [0.5, 0.6) is 5.75 Å². The maximum atomic E-state index is 11.7. The molecule has 0 heterocycles. The highest BCUT2D eigenvalue weighted by atomic mass is 16.5. The Morgan fingerprint density at radius 1 is 1.12 bits per heavy atom. The van der Waals surface area contributed by atoms with Crippen molar-refractivity contribution in [3.05, 3.63) is 29.8 Å². The zero-order valence-corrected chi connectivity index (χ0v) is 10.1. The van der Waals surface area contributed by atoms with Crippen LogP contribution in [0.15, 0.2) is 24.3 Å². The monoisotopic (exact) mass is 232 g/mol. The third kappa shape index (κ3) is 2.23. The Kier molecular flexibility index (Phi) is 3.27. The molecule has 0 bridgehead atoms. The number of carbonyl (C=O) groups is 2. The van der Waals surface area contributed by atoms with Crippen molar-refractivity contribution < 1.29 is 14.3 Å². The predicted octanol–water partition coefficient (Wildman–Crippen LogP) is 2.35. The van der Waals surface area contributed by atoms with Gasteiger partial charge in [0.25, 0.3) is 0 Å². The fourth-order valence-electron chi connectivity index (χ4n) is 2.39. The summed E-state index contributed by atoms with van der Waals surface area (Å²) >= 11 is 0. The van der Waals surface area contributed by atoms with E-state index in [-0.39, 0.29) is 17.5 Å². The fourth-order valence-corrected chi connectivity index (χ4v) is 2.39. The number of carbonyl (C=O) groups excluding carboxylic acids is 2. The molecule has 1 saturated carbocycles. The summed E-state index contributed by atoms with van der Waals surface area (Å²) < 4.78 is 5.08. The van der Waals surface area contributed by atoms with Crippen LogP contribution in [0, 0.1) is 5.92 Å². The van der Waals surface area contributed by atoms with Gasteiger partial charge in [-0.15, -0.1) is 0 Å². The molecule has 3 heteroatoms. The van der Waals surface area contributed by atoms with Crippen molar-refractivity contribution in [1.29, 1.82) is 0 Å². The highest BCUT2D eigenvalue weighted by Gasteiger charge is 2.37. The van der Waals surface area contributed by atoms with E-state index in [0.29, 0.717) is 12.8 Å². The molecule has 0 N–H and O–H groups in total. The molecule has 1 atom stereocenters. The van der Waals surface area contributed by atoms with Crippen LogP contribution in [0.1, 0.15) is 31.2 Å². The van der Waals surface area contributed by atoms with Crippen LogP contribution >= 0.6 is 0 Å². The average molecular weight is 232 g/mol. The van der Waals surface area contributed by atoms with Gasteiger partial charge >= 0.3 is 0 Å². The molecule has 1 unspecified atom stereocenters. The number of methoxy groups -OCH3 is 1. The molecule has 0 amide bonds. The summed E-state index contributed by atoms with van der Waals surface area (Å²) in [6.45, 7) is 1.94. The molecule has 0 radical (unpaired) electrons. The molecular formula is C14H16O3. The van der Waals surface area contributed by atoms with Crippen molar-refractivity contribution in [3.63, 3.8) is 0 Å². The van der Waals surface area contributed by atoms with Gasteiger partial charge < -0.3 is 4.74 Å². The van der Waals surface area contributed by atoms with Crippen molar-refractivity contribution in [3.8, 4) is 5.75 Å². The van der Waals surface area contributed by atoms with Crippen molar-refractivity contribution in [2.75, 3.05) is 7.11 Å². The van der Waals surface area contributed by atoms with Crippen molar-refractivity contribution >= 4 is 11.6 Å². The smallest absolute Gasteiger partial charge is 0.144 e. The Morgan fingerprint density at radius 2 is 1.65 bits per heavy atom. The largest absolute Gasteiger partial charge is 0.497 e. The summed E-state index contributed by atoms with van der Waals surface area (Å²) in [4.78, 5) is 23.4. The molecule has 17 heavy (non-hydrogen) atoms. The minimum atomic E-state index is -0.441. The van der Waals surface area contributed by atoms with Gasteiger partial charge in [0.2, 0.25) is 0 Å². The van der Waals surface area contributed by atoms with Crippen molar-refractivity contribution in [2.45, 2.75) is 25.7 Å². The Balaban J connectivity index is 2.21. The molecule has 1 aliphatic carbocycles. The standard InChI is InChI=1S/C14H16O3/c1-9(14-12(15)7-8-13(14)16)10-3-5-11(17-2)6-4-10/h3-6,9,14H,7-8H2,1-2H3. The van der Waals surface area contributed by atoms with Gasteiger partial charge in [-0.2, -0.15) is 0 Å². The van der Waals surface area contributed by atoms with Gasteiger partial charge in [0.1, 0.15) is 17.3 Å². The lowest BCUT2D eigenvalue weighted by atomic mass is 9.85. The number of rotatable bonds is 3. The third-order valence-electron chi connectivity index (χ3n) is 3.45. The normalized spacial score (nSPS) is 18.5. The third-order valence-corrected chi connectivity index (χ3v) is 3.45. The number of benzene rings is 1. The minimum absolute atomic E-state index is 0.0385. The van der Waals surface area contributed by atoms with Gasteiger partial charge in [-0.1, -0.05) is 19.1 Å². The lowest BCUT2D eigenvalue weighted by Crippen LogP contribution is -2.21. The zero-order chi connectivity index (χ0) is 12.4. The number of Topliss-reactive ketones (excluding diaryl/α,β-unsaturated/α-hetero) is 2. The van der Waals surface area contributed by atoms with Gasteiger partial charge in [-0.3, -0.25) is 9.59 Å². The Bertz CT molecular complexity index is 417. The van der Waals surface area contributed by atoms with E-state index in [0.717, 1.165) is 11.3 Å². The number of ketones is 2. The van der Waals surface area contributed by atoms with E-state index in [9.17, 15) is 9.59 Å². The summed E-state index contributed by atoms with van der Waals surface area (Å²) in [6, 6.07) is 7.55. The second kappa shape index (κ2) is 4.70. The van der Waals surface area contributed by atoms with Gasteiger partial charge in [-0.05, 0) is 23.6 Å². The van der Waals surface area contributed by atoms with Crippen LogP contribution in [0.25, 0.3) is 0 Å². The number of hydrogen-bond donors (Lipinski definition) is 0. The maximum absolute atomic E-state index is 11.7. The first-order valence-corrected chi connectivity index (χ1v) is 5.83. The van der Waals surface area contributed by atoms with E-state index >= 15 is 0 Å². The number of ether oxygens (including phenoxy) is 1. The van der Waals surface area contributed by atoms with Crippen LogP contribution in [-0.4, -0.2) is 18.7 Å². The van der Waals surface area contributed by atoms with E-state index in [1.165, 1.54) is 0 Å². The molecule has 0 saturated heterocycles. The van der Waals surface area contributed by atoms with Crippen LogP contribution in [-0.2, 0) is 9.59 Å². The summed E-state index contributed by atoms with van der Waals surface area (Å²) in [5.74, 6) is 0.466. The first kappa shape index (κ1) is 11.8. The van der Waals surface area contributed by atoms with Crippen LogP contribution < -0.4 is 4.74 Å². The van der Waals surface area contributed by atoms with E-state index < -0.39 is 5.92 Å². The minimum Gasteiger partial charge on any atom is -0.497 e. The average Bonchev–Trinajstić information content (AvgIpc) is 2.68. The SMILES string of the molecule is COc1ccc(C(C)C2C(=O)CCC2=O)cc1. The topological polar surface area (TPSA) is 43.4 Å². The first-order valence-electron chi connectivity index (χ1n) is 5.83. The quantitative estimate of drug-likeness (QED) is 0.751. The fraction of sp³-hybridized carbons (Fsp3) is 0.429. The Labute approximate surface area is 101 Å². The lowest BCUT2D eigenvalue weighted by molar-refractivity contribution is -0.127. The van der Waals surface area contributed by atoms with Crippen LogP contribution in [0.4, 0.5) is 0 Å². The summed E-state index contributed by atoms with van der Waals surface area (Å²) in [5, 5.41) is 0. The predicted molar refractivity (Wildman–Crippen MR) is 64.1 cm³/mol. The van der Waals surface area contributed by atoms with E-state index in [2.05, 4.69) is 0 Å². The van der Waals surface area contributed by atoms with Crippen molar-refractivity contribution in [2.24, 2.45) is 5.92 Å². The summed E-state index contributed by atoms with van der Waals surface area (Å²) in [6.07, 6.45) is 0.813. The van der Waals surface area contributed by atoms with Gasteiger partial charge in [0, 0.05) is 12.8 Å². The van der Waals surface area contributed by atoms with Gasteiger partial charge in [0.15, 0.2) is 0 Å². The van der Waals surface area contributed by atoms with Gasteiger partial charge in [0.05, 0.1) is 13.0 Å². The first-order chi connectivity index (χ1) is 8.13. The highest BCUT2D eigenvalue weighted by Crippen LogP contribution is 2.32. The van der Waals surface area contributed by atoms with E-state index in [1.807, 2.05) is 31.2 Å². The molecule has 1 fully saturated rings. The second-order valence-corrected chi connectivity index (χ2v) is 4.47. The molecule has 2 rings (SSSR count). The molecule has 3 nitrogen and oxygen atoms in total. The number of hydrogen-bond acceptors (Lipinski definition) is 3. The van der Waals surface area contributed by atoms with Crippen molar-refractivity contribution in [1.82, 2.24) is 0 Å². The second-order valence-electron chi connectivity index (χ2n) is 4.47.